The number of hydrogen-bond acceptors (Lipinski definition) is 5. The summed E-state index contributed by atoms with van der Waals surface area (Å²) in [6.45, 7) is 1.84. The molecule has 0 bridgehead atoms. The third kappa shape index (κ3) is 2.79. The lowest BCUT2D eigenvalue weighted by molar-refractivity contribution is 0.0434. The van der Waals surface area contributed by atoms with Crippen molar-refractivity contribution >= 4 is 16.7 Å². The number of nitrogens with zero attached hydrogens (tertiary/aromatic N) is 1. The van der Waals surface area contributed by atoms with Gasteiger partial charge in [0.2, 0.25) is 0 Å². The molecule has 0 aliphatic carbocycles. The topological polar surface area (TPSA) is 61.6 Å². The lowest BCUT2D eigenvalue weighted by Crippen LogP contribution is -2.07. The number of carbonyl (C=O) groups is 1. The largest absolute Gasteiger partial charge is 0.496 e. The number of esters is 1. The van der Waals surface area contributed by atoms with Crippen LogP contribution in [-0.4, -0.2) is 18.2 Å². The van der Waals surface area contributed by atoms with Gasteiger partial charge >= 0.3 is 5.97 Å². The third-order valence-corrected chi connectivity index (χ3v) is 3.31. The summed E-state index contributed by atoms with van der Waals surface area (Å²) in [7, 11) is 1.53. The van der Waals surface area contributed by atoms with Gasteiger partial charge in [0.05, 0.1) is 12.8 Å². The van der Waals surface area contributed by atoms with Crippen molar-refractivity contribution in [1.29, 1.82) is 0 Å². The maximum atomic E-state index is 12.3. The second kappa shape index (κ2) is 5.89. The molecule has 0 spiro atoms. The van der Waals surface area contributed by atoms with Crippen LogP contribution < -0.4 is 4.74 Å². The molecule has 0 amide bonds. The summed E-state index contributed by atoms with van der Waals surface area (Å²) in [5.74, 6) is 0.528. The molecule has 22 heavy (non-hydrogen) atoms. The van der Waals surface area contributed by atoms with Gasteiger partial charge in [-0.3, -0.25) is 0 Å². The fraction of sp³-hybridized carbons (Fsp3) is 0.176. The maximum absolute atomic E-state index is 12.3. The first-order chi connectivity index (χ1) is 10.7. The quantitative estimate of drug-likeness (QED) is 0.690. The van der Waals surface area contributed by atoms with Crippen molar-refractivity contribution in [2.75, 3.05) is 7.11 Å². The summed E-state index contributed by atoms with van der Waals surface area (Å²) >= 11 is 0. The van der Waals surface area contributed by atoms with Gasteiger partial charge in [-0.1, -0.05) is 29.4 Å². The first kappa shape index (κ1) is 14.1. The number of benzene rings is 2. The molecule has 5 heteroatoms. The molecule has 112 valence electrons. The van der Waals surface area contributed by atoms with Crippen LogP contribution in [0.5, 0.6) is 5.75 Å². The van der Waals surface area contributed by atoms with Crippen molar-refractivity contribution in [2.45, 2.75) is 13.5 Å². The molecule has 1 heterocycles. The predicted molar refractivity (Wildman–Crippen MR) is 80.9 cm³/mol. The Balaban J connectivity index is 1.85. The van der Waals surface area contributed by atoms with Gasteiger partial charge in [-0.2, -0.15) is 0 Å². The van der Waals surface area contributed by atoms with E-state index in [9.17, 15) is 4.79 Å². The molecule has 0 N–H and O–H groups in total. The zero-order chi connectivity index (χ0) is 15.5. The van der Waals surface area contributed by atoms with Crippen LogP contribution in [0.2, 0.25) is 0 Å². The summed E-state index contributed by atoms with van der Waals surface area (Å²) in [4.78, 5) is 12.3. The standard InChI is InChI=1S/C17H15NO4/c1-11-7-14(22-18-11)10-21-17(19)15-8-12-5-3-4-6-13(12)9-16(15)20-2/h3-9H,10H2,1-2H3. The molecule has 0 aliphatic heterocycles. The van der Waals surface area contributed by atoms with Gasteiger partial charge in [0, 0.05) is 6.07 Å². The van der Waals surface area contributed by atoms with E-state index in [4.69, 9.17) is 14.0 Å². The smallest absolute Gasteiger partial charge is 0.342 e. The Morgan fingerprint density at radius 3 is 2.55 bits per heavy atom. The van der Waals surface area contributed by atoms with Crippen molar-refractivity contribution in [3.05, 3.63) is 59.5 Å². The van der Waals surface area contributed by atoms with Crippen molar-refractivity contribution in [1.82, 2.24) is 5.16 Å². The molecule has 5 nitrogen and oxygen atoms in total. The average molecular weight is 297 g/mol. The first-order valence-electron chi connectivity index (χ1n) is 6.83. The van der Waals surface area contributed by atoms with E-state index in [1.165, 1.54) is 7.11 Å². The van der Waals surface area contributed by atoms with E-state index in [-0.39, 0.29) is 6.61 Å². The molecule has 0 saturated carbocycles. The fourth-order valence-corrected chi connectivity index (χ4v) is 2.25. The zero-order valence-corrected chi connectivity index (χ0v) is 12.3. The van der Waals surface area contributed by atoms with Crippen LogP contribution in [0.3, 0.4) is 0 Å². The molecular weight excluding hydrogens is 282 g/mol. The molecule has 3 aromatic rings. The number of aryl methyl sites for hydroxylation is 1. The van der Waals surface area contributed by atoms with Gasteiger partial charge < -0.3 is 14.0 Å². The monoisotopic (exact) mass is 297 g/mol. The summed E-state index contributed by atoms with van der Waals surface area (Å²) < 4.78 is 15.6. The van der Waals surface area contributed by atoms with Gasteiger partial charge in [-0.15, -0.1) is 0 Å². The van der Waals surface area contributed by atoms with Crippen LogP contribution in [0.15, 0.2) is 47.0 Å². The molecule has 2 aromatic carbocycles. The second-order valence-corrected chi connectivity index (χ2v) is 4.91. The Morgan fingerprint density at radius 1 is 1.18 bits per heavy atom. The van der Waals surface area contributed by atoms with Crippen molar-refractivity contribution < 1.29 is 18.8 Å². The second-order valence-electron chi connectivity index (χ2n) is 4.91. The first-order valence-corrected chi connectivity index (χ1v) is 6.83. The minimum atomic E-state index is -0.461. The Hall–Kier alpha value is -2.82. The molecule has 3 rings (SSSR count). The van der Waals surface area contributed by atoms with Gasteiger partial charge in [0.25, 0.3) is 0 Å². The van der Waals surface area contributed by atoms with Crippen LogP contribution in [0, 0.1) is 6.92 Å². The molecule has 1 aromatic heterocycles. The summed E-state index contributed by atoms with van der Waals surface area (Å²) in [6.07, 6.45) is 0. The number of ether oxygens (including phenoxy) is 2. The van der Waals surface area contributed by atoms with Crippen molar-refractivity contribution in [2.24, 2.45) is 0 Å². The average Bonchev–Trinajstić information content (AvgIpc) is 2.96. The molecule has 0 aliphatic rings. The fourth-order valence-electron chi connectivity index (χ4n) is 2.25. The van der Waals surface area contributed by atoms with Crippen LogP contribution >= 0.6 is 0 Å². The molecule has 0 saturated heterocycles. The van der Waals surface area contributed by atoms with Gasteiger partial charge in [0.1, 0.15) is 11.3 Å². The van der Waals surface area contributed by atoms with E-state index in [1.807, 2.05) is 30.3 Å². The van der Waals surface area contributed by atoms with Gasteiger partial charge in [-0.05, 0) is 29.8 Å². The van der Waals surface area contributed by atoms with E-state index in [2.05, 4.69) is 5.16 Å². The normalized spacial score (nSPS) is 10.6. The Kier molecular flexibility index (Phi) is 3.78. The highest BCUT2D eigenvalue weighted by Gasteiger charge is 2.16. The summed E-state index contributed by atoms with van der Waals surface area (Å²) in [5, 5.41) is 5.70. The summed E-state index contributed by atoms with van der Waals surface area (Å²) in [5.41, 5.74) is 1.13. The van der Waals surface area contributed by atoms with Crippen LogP contribution in [0.4, 0.5) is 0 Å². The minimum absolute atomic E-state index is 0.0374. The van der Waals surface area contributed by atoms with Crippen LogP contribution in [0.1, 0.15) is 21.8 Å². The Morgan fingerprint density at radius 2 is 1.91 bits per heavy atom. The van der Waals surface area contributed by atoms with Crippen molar-refractivity contribution in [3.63, 3.8) is 0 Å². The van der Waals surface area contributed by atoms with E-state index in [1.54, 1.807) is 19.1 Å². The predicted octanol–water partition coefficient (Wildman–Crippen LogP) is 3.50. The summed E-state index contributed by atoms with van der Waals surface area (Å²) in [6, 6.07) is 13.1. The maximum Gasteiger partial charge on any atom is 0.342 e. The molecule has 0 atom stereocenters. The highest BCUT2D eigenvalue weighted by atomic mass is 16.6. The number of hydrogen-bond donors (Lipinski definition) is 0. The third-order valence-electron chi connectivity index (χ3n) is 3.31. The van der Waals surface area contributed by atoms with E-state index in [0.717, 1.165) is 16.5 Å². The van der Waals surface area contributed by atoms with E-state index >= 15 is 0 Å². The highest BCUT2D eigenvalue weighted by molar-refractivity contribution is 5.98. The molecule has 0 fully saturated rings. The van der Waals surface area contributed by atoms with E-state index in [0.29, 0.717) is 17.1 Å². The van der Waals surface area contributed by atoms with Gasteiger partial charge in [-0.25, -0.2) is 4.79 Å². The minimum Gasteiger partial charge on any atom is -0.496 e. The number of carbonyl (C=O) groups excluding carboxylic acids is 1. The number of fused-ring (bicyclic) bond motifs is 1. The van der Waals surface area contributed by atoms with Crippen LogP contribution in [-0.2, 0) is 11.3 Å². The molecular formula is C17H15NO4. The van der Waals surface area contributed by atoms with E-state index < -0.39 is 5.97 Å². The number of aromatic nitrogens is 1. The molecule has 0 radical (unpaired) electrons. The zero-order valence-electron chi connectivity index (χ0n) is 12.3. The number of rotatable bonds is 4. The SMILES string of the molecule is COc1cc2ccccc2cc1C(=O)OCc1cc(C)no1. The highest BCUT2D eigenvalue weighted by Crippen LogP contribution is 2.26. The number of methoxy groups -OCH3 is 1. The Labute approximate surface area is 127 Å². The van der Waals surface area contributed by atoms with Crippen LogP contribution in [0.25, 0.3) is 10.8 Å². The Bertz CT molecular complexity index is 822. The van der Waals surface area contributed by atoms with Crippen molar-refractivity contribution in [3.8, 4) is 5.75 Å². The van der Waals surface area contributed by atoms with Gasteiger partial charge in [0.15, 0.2) is 12.4 Å². The molecule has 0 unspecified atom stereocenters. The lowest BCUT2D eigenvalue weighted by Gasteiger charge is -2.09. The lowest BCUT2D eigenvalue weighted by atomic mass is 10.1.